The molecular formula is C30H30N3Si+. The SMILES string of the molecule is CC[Si](CC)(CC)c1cc2cc[n+](C)c3c4c(C)cc(C#N)c5c6ccccc6n(c(c1)c23)c54. The second kappa shape index (κ2) is 7.29. The van der Waals surface area contributed by atoms with Crippen molar-refractivity contribution in [3.8, 4) is 6.07 Å². The number of pyridine rings is 2. The maximum absolute atomic E-state index is 10.1. The number of fused-ring (bicyclic) bond motifs is 5. The molecule has 0 radical (unpaired) electrons. The molecule has 0 aliphatic carbocycles. The number of hydrogen-bond donors (Lipinski definition) is 0. The smallest absolute Gasteiger partial charge is 0.224 e. The van der Waals surface area contributed by atoms with Gasteiger partial charge in [0.25, 0.3) is 0 Å². The van der Waals surface area contributed by atoms with E-state index < -0.39 is 8.07 Å². The normalized spacial score (nSPS) is 12.6. The van der Waals surface area contributed by atoms with E-state index in [0.29, 0.717) is 0 Å². The average molecular weight is 461 g/mol. The van der Waals surface area contributed by atoms with Crippen molar-refractivity contribution in [2.75, 3.05) is 0 Å². The number of nitriles is 1. The Labute approximate surface area is 201 Å². The molecule has 0 saturated carbocycles. The van der Waals surface area contributed by atoms with Gasteiger partial charge in [-0.05, 0) is 36.1 Å². The molecule has 0 spiro atoms. The second-order valence-corrected chi connectivity index (χ2v) is 15.1. The Morgan fingerprint density at radius 3 is 2.35 bits per heavy atom. The number of aromatic nitrogens is 2. The molecule has 0 N–H and O–H groups in total. The summed E-state index contributed by atoms with van der Waals surface area (Å²) >= 11 is 0. The maximum Gasteiger partial charge on any atom is 0.224 e. The lowest BCUT2D eigenvalue weighted by Crippen LogP contribution is -2.45. The average Bonchev–Trinajstić information content (AvgIpc) is 3.21. The Bertz CT molecular complexity index is 1790. The van der Waals surface area contributed by atoms with Gasteiger partial charge >= 0.3 is 0 Å². The fourth-order valence-corrected chi connectivity index (χ4v) is 10.2. The van der Waals surface area contributed by atoms with Crippen molar-refractivity contribution in [3.05, 3.63) is 65.9 Å². The van der Waals surface area contributed by atoms with Crippen LogP contribution in [-0.2, 0) is 7.05 Å². The van der Waals surface area contributed by atoms with Gasteiger partial charge in [0.2, 0.25) is 5.52 Å². The van der Waals surface area contributed by atoms with E-state index in [1.807, 2.05) is 0 Å². The van der Waals surface area contributed by atoms with Gasteiger partial charge in [-0.2, -0.15) is 5.26 Å². The molecule has 0 saturated heterocycles. The lowest BCUT2D eigenvalue weighted by molar-refractivity contribution is -0.643. The van der Waals surface area contributed by atoms with Crippen LogP contribution in [0.2, 0.25) is 18.1 Å². The summed E-state index contributed by atoms with van der Waals surface area (Å²) in [6, 6.07) is 24.3. The second-order valence-electron chi connectivity index (χ2n) is 9.88. The number of hydrogen-bond acceptors (Lipinski definition) is 1. The molecule has 168 valence electrons. The molecule has 0 aliphatic rings. The summed E-state index contributed by atoms with van der Waals surface area (Å²) in [5.41, 5.74) is 6.83. The summed E-state index contributed by atoms with van der Waals surface area (Å²) in [4.78, 5) is 0. The topological polar surface area (TPSA) is 32.1 Å². The van der Waals surface area contributed by atoms with Crippen molar-refractivity contribution in [3.63, 3.8) is 0 Å². The van der Waals surface area contributed by atoms with E-state index in [0.717, 1.165) is 21.9 Å². The predicted molar refractivity (Wildman–Crippen MR) is 146 cm³/mol. The third kappa shape index (κ3) is 2.48. The third-order valence-electron chi connectivity index (χ3n) is 8.59. The molecule has 0 bridgehead atoms. The largest absolute Gasteiger partial charge is 0.307 e. The molecule has 34 heavy (non-hydrogen) atoms. The van der Waals surface area contributed by atoms with Crippen LogP contribution in [0.3, 0.4) is 0 Å². The monoisotopic (exact) mass is 460 g/mol. The Morgan fingerprint density at radius 1 is 0.912 bits per heavy atom. The third-order valence-corrected chi connectivity index (χ3v) is 14.2. The first-order valence-electron chi connectivity index (χ1n) is 12.4. The molecule has 3 heterocycles. The molecule has 6 aromatic rings. The van der Waals surface area contributed by atoms with Crippen LogP contribution in [0.25, 0.3) is 49.0 Å². The summed E-state index contributed by atoms with van der Waals surface area (Å²) in [5.74, 6) is 0. The molecule has 3 aromatic heterocycles. The van der Waals surface area contributed by atoms with E-state index in [1.54, 1.807) is 5.19 Å². The van der Waals surface area contributed by atoms with Crippen LogP contribution in [-0.4, -0.2) is 12.5 Å². The molecule has 4 heteroatoms. The number of benzene rings is 3. The maximum atomic E-state index is 10.1. The lowest BCUT2D eigenvalue weighted by atomic mass is 9.97. The van der Waals surface area contributed by atoms with Gasteiger partial charge in [0.15, 0.2) is 6.20 Å². The van der Waals surface area contributed by atoms with Gasteiger partial charge in [0.1, 0.15) is 7.05 Å². The Hall–Kier alpha value is -3.42. The molecule has 6 rings (SSSR count). The first-order chi connectivity index (χ1) is 16.5. The highest BCUT2D eigenvalue weighted by Crippen LogP contribution is 2.42. The number of para-hydroxylation sites is 1. The first-order valence-corrected chi connectivity index (χ1v) is 15.1. The fraction of sp³-hybridized carbons (Fsp3) is 0.267. The molecule has 0 amide bonds. The zero-order chi connectivity index (χ0) is 23.8. The van der Waals surface area contributed by atoms with E-state index in [4.69, 9.17) is 0 Å². The summed E-state index contributed by atoms with van der Waals surface area (Å²) in [5, 5.41) is 17.8. The van der Waals surface area contributed by atoms with Crippen molar-refractivity contribution in [2.45, 2.75) is 45.8 Å². The van der Waals surface area contributed by atoms with Crippen LogP contribution >= 0.6 is 0 Å². The van der Waals surface area contributed by atoms with Crippen molar-refractivity contribution < 1.29 is 4.57 Å². The summed E-state index contributed by atoms with van der Waals surface area (Å²) < 4.78 is 4.73. The minimum absolute atomic E-state index is 0.764. The highest BCUT2D eigenvalue weighted by molar-refractivity contribution is 6.92. The van der Waals surface area contributed by atoms with E-state index in [1.165, 1.54) is 56.4 Å². The first kappa shape index (κ1) is 21.1. The van der Waals surface area contributed by atoms with Crippen LogP contribution in [0, 0.1) is 18.3 Å². The molecular weight excluding hydrogens is 430 g/mol. The van der Waals surface area contributed by atoms with Crippen LogP contribution in [0.4, 0.5) is 0 Å². The minimum atomic E-state index is -1.59. The fourth-order valence-electron chi connectivity index (χ4n) is 6.56. The molecule has 3 aromatic carbocycles. The zero-order valence-corrected chi connectivity index (χ0v) is 21.7. The van der Waals surface area contributed by atoms with Crippen molar-refractivity contribution >= 4 is 62.3 Å². The van der Waals surface area contributed by atoms with Gasteiger partial charge in [-0.15, -0.1) is 0 Å². The molecule has 0 aliphatic heterocycles. The molecule has 0 atom stereocenters. The number of aryl methyl sites for hydroxylation is 2. The van der Waals surface area contributed by atoms with Crippen molar-refractivity contribution in [1.29, 1.82) is 5.26 Å². The van der Waals surface area contributed by atoms with Crippen LogP contribution < -0.4 is 9.75 Å². The summed E-state index contributed by atoms with van der Waals surface area (Å²) in [6.45, 7) is 9.30. The lowest BCUT2D eigenvalue weighted by Gasteiger charge is -2.29. The summed E-state index contributed by atoms with van der Waals surface area (Å²) in [7, 11) is 0.562. The summed E-state index contributed by atoms with van der Waals surface area (Å²) in [6.07, 6.45) is 2.21. The number of rotatable bonds is 4. The van der Waals surface area contributed by atoms with E-state index in [9.17, 15) is 5.26 Å². The Balaban J connectivity index is 2.01. The van der Waals surface area contributed by atoms with Gasteiger partial charge in [-0.3, -0.25) is 0 Å². The number of nitrogens with zero attached hydrogens (tertiary/aromatic N) is 3. The van der Waals surface area contributed by atoms with Crippen LogP contribution in [0.5, 0.6) is 0 Å². The van der Waals surface area contributed by atoms with Crippen molar-refractivity contribution in [1.82, 2.24) is 4.40 Å². The molecule has 0 fully saturated rings. The predicted octanol–water partition coefficient (Wildman–Crippen LogP) is 6.71. The Kier molecular flexibility index (Phi) is 4.53. The van der Waals surface area contributed by atoms with E-state index >= 15 is 0 Å². The zero-order valence-electron chi connectivity index (χ0n) is 20.7. The van der Waals surface area contributed by atoms with Gasteiger partial charge in [-0.25, -0.2) is 4.57 Å². The van der Waals surface area contributed by atoms with Gasteiger partial charge in [0.05, 0.1) is 47.0 Å². The quantitative estimate of drug-likeness (QED) is 0.124. The Morgan fingerprint density at radius 2 is 1.65 bits per heavy atom. The molecule has 0 unspecified atom stereocenters. The van der Waals surface area contributed by atoms with Crippen LogP contribution in [0.15, 0.2) is 54.7 Å². The van der Waals surface area contributed by atoms with Crippen molar-refractivity contribution in [2.24, 2.45) is 7.05 Å². The highest BCUT2D eigenvalue weighted by Gasteiger charge is 2.32. The van der Waals surface area contributed by atoms with Gasteiger partial charge < -0.3 is 4.40 Å². The van der Waals surface area contributed by atoms with Gasteiger partial charge in [-0.1, -0.05) is 68.4 Å². The standard InChI is InChI=1S/C30H30N3Si/c1-6-34(7-2,8-3)22-16-20-13-14-32(5)29-26-19(4)15-21(18-31)27-23-11-9-10-12-24(23)33(30(26)27)25(17-22)28(20)29/h9-17H,6-8H2,1-5H3/q+1. The molecule has 3 nitrogen and oxygen atoms in total. The van der Waals surface area contributed by atoms with E-state index in [2.05, 4.69) is 105 Å². The minimum Gasteiger partial charge on any atom is -0.307 e. The van der Waals surface area contributed by atoms with E-state index in [-0.39, 0.29) is 0 Å². The van der Waals surface area contributed by atoms with Crippen LogP contribution in [0.1, 0.15) is 31.9 Å². The van der Waals surface area contributed by atoms with Gasteiger partial charge in [0, 0.05) is 16.8 Å². The highest BCUT2D eigenvalue weighted by atomic mass is 28.3.